The van der Waals surface area contributed by atoms with Gasteiger partial charge >= 0.3 is 11.9 Å². The fraction of sp³-hybridized carbons (Fsp3) is 0.312. The van der Waals surface area contributed by atoms with Crippen molar-refractivity contribution >= 4 is 22.7 Å². The van der Waals surface area contributed by atoms with Gasteiger partial charge in [-0.05, 0) is 26.0 Å². The Morgan fingerprint density at radius 2 is 1.40 bits per heavy atom. The molecule has 0 bridgehead atoms. The van der Waals surface area contributed by atoms with Crippen LogP contribution in [0.1, 0.15) is 73.4 Å². The van der Waals surface area contributed by atoms with Gasteiger partial charge in [-0.2, -0.15) is 0 Å². The zero-order valence-corrected chi connectivity index (χ0v) is 24.4. The molecule has 2 aromatic carbocycles. The van der Waals surface area contributed by atoms with Crippen molar-refractivity contribution in [2.75, 3.05) is 0 Å². The number of carboxylic acids is 1. The lowest BCUT2D eigenvalue weighted by molar-refractivity contribution is -0.148. The highest BCUT2D eigenvalue weighted by Crippen LogP contribution is 2.57. The van der Waals surface area contributed by atoms with E-state index in [-0.39, 0.29) is 17.5 Å². The number of phenolic OH excluding ortho intramolecular Hbond substituents is 4. The summed E-state index contributed by atoms with van der Waals surface area (Å²) in [5.74, 6) is -5.07. The molecule has 7 rings (SSSR count). The average molecular weight is 649 g/mol. The first-order chi connectivity index (χ1) is 22.1. The van der Waals surface area contributed by atoms with Gasteiger partial charge in [0.2, 0.25) is 0 Å². The third-order valence-electron chi connectivity index (χ3n) is 9.16. The lowest BCUT2D eigenvalue weighted by Crippen LogP contribution is -2.42. The molecule has 1 fully saturated rings. The van der Waals surface area contributed by atoms with Crippen molar-refractivity contribution in [2.24, 2.45) is 0 Å². The Bertz CT molecular complexity index is 2390. The molecule has 0 saturated carbocycles. The number of rotatable bonds is 3. The van der Waals surface area contributed by atoms with Crippen LogP contribution in [0.5, 0.6) is 23.0 Å². The second kappa shape index (κ2) is 10.1. The van der Waals surface area contributed by atoms with Gasteiger partial charge in [-0.3, -0.25) is 28.8 Å². The summed E-state index contributed by atoms with van der Waals surface area (Å²) in [4.78, 5) is 78.0. The number of carbonyl (C=O) groups excluding carboxylic acids is 1. The smallest absolute Gasteiger partial charge is 0.309 e. The molecule has 0 spiro atoms. The van der Waals surface area contributed by atoms with E-state index < -0.39 is 143 Å². The summed E-state index contributed by atoms with van der Waals surface area (Å²) < 4.78 is 16.6. The highest BCUT2D eigenvalue weighted by Gasteiger charge is 2.47. The minimum Gasteiger partial charge on any atom is -0.507 e. The Balaban J connectivity index is 1.54. The first-order valence-corrected chi connectivity index (χ1v) is 14.4. The average Bonchev–Trinajstić information content (AvgIpc) is 3.36. The number of aliphatic hydroxyl groups is 1. The molecule has 0 aromatic heterocycles. The molecule has 3 aliphatic heterocycles. The number of carboxylic acid groups (broad SMARTS) is 1. The molecule has 6 atom stereocenters. The van der Waals surface area contributed by atoms with Crippen LogP contribution in [0.15, 0.2) is 31.3 Å². The second-order valence-electron chi connectivity index (χ2n) is 11.8. The van der Waals surface area contributed by atoms with Gasteiger partial charge in [-0.25, -0.2) is 0 Å². The Hall–Kier alpha value is -5.38. The molecule has 0 radical (unpaired) electrons. The van der Waals surface area contributed by atoms with Gasteiger partial charge in [-0.1, -0.05) is 0 Å². The first kappa shape index (κ1) is 30.3. The molecule has 15 nitrogen and oxygen atoms in total. The Morgan fingerprint density at radius 1 is 0.766 bits per heavy atom. The minimum absolute atomic E-state index is 0.0211. The lowest BCUT2D eigenvalue weighted by atomic mass is 9.85. The molecule has 3 heterocycles. The van der Waals surface area contributed by atoms with Gasteiger partial charge in [0, 0.05) is 33.4 Å². The van der Waals surface area contributed by atoms with E-state index in [0.29, 0.717) is 6.07 Å². The van der Waals surface area contributed by atoms with Crippen LogP contribution in [0.3, 0.4) is 0 Å². The number of aliphatic hydroxyl groups excluding tert-OH is 1. The van der Waals surface area contributed by atoms with E-state index in [0.717, 1.165) is 6.07 Å². The predicted molar refractivity (Wildman–Crippen MR) is 156 cm³/mol. The molecule has 2 aliphatic carbocycles. The van der Waals surface area contributed by atoms with Crippen LogP contribution >= 0.6 is 0 Å². The molecule has 6 N–H and O–H groups in total. The van der Waals surface area contributed by atoms with Crippen molar-refractivity contribution < 1.29 is 54.4 Å². The van der Waals surface area contributed by atoms with Crippen LogP contribution in [0.4, 0.5) is 0 Å². The molecule has 1 saturated heterocycles. The molecule has 5 aliphatic rings. The molecule has 242 valence electrons. The zero-order valence-electron chi connectivity index (χ0n) is 24.4. The van der Waals surface area contributed by atoms with Gasteiger partial charge in [0.25, 0.3) is 0 Å². The number of esters is 1. The third kappa shape index (κ3) is 4.03. The number of aliphatic carboxylic acids is 1. The number of carbonyl (C=O) groups is 2. The minimum atomic E-state index is -1.94. The van der Waals surface area contributed by atoms with Crippen LogP contribution in [-0.4, -0.2) is 54.8 Å². The van der Waals surface area contributed by atoms with Crippen LogP contribution < -0.4 is 21.7 Å². The van der Waals surface area contributed by atoms with Gasteiger partial charge in [0.05, 0.1) is 52.4 Å². The standard InChI is InChI=1S/C32H24O15/c1-7-17-21(27(40)13(45-7)5-15(35)36)30(43)22-19(28(17)41)11(33)3-9(25(22)38)10-4-12(34)20-23(26(10)39)31(44)24-18(29(20)42)8(2)46-14-6-16(37)47-32(14)24/h3-4,7-8,13-14,27,32,34,39-40,42,44H,5-6H2,1-2H3,(H,35,36). The number of fused-ring (bicyclic) bond motifs is 5. The molecular formula is C32H24O15. The summed E-state index contributed by atoms with van der Waals surface area (Å²) in [6.07, 6.45) is -8.45. The third-order valence-corrected chi connectivity index (χ3v) is 9.16. The maximum Gasteiger partial charge on any atom is 0.309 e. The van der Waals surface area contributed by atoms with Gasteiger partial charge in [0.1, 0.15) is 35.2 Å². The van der Waals surface area contributed by atoms with Crippen molar-refractivity contribution in [2.45, 2.75) is 63.3 Å². The summed E-state index contributed by atoms with van der Waals surface area (Å²) in [5.41, 5.74) is -7.06. The van der Waals surface area contributed by atoms with Gasteiger partial charge in [-0.15, -0.1) is 0 Å². The SMILES string of the molecule is CC1OC2CC(=O)OC2c2c1c(O)c1c(O)cc(-c3cc(=O)c4c(=O)c5c(c(=O)c=4c3=O)C(O)C(CC(=O)O)OC5C)c(O)c1c2O. The quantitative estimate of drug-likeness (QED) is 0.133. The van der Waals surface area contributed by atoms with Crippen molar-refractivity contribution in [3.8, 4) is 34.1 Å². The maximum atomic E-state index is 13.9. The molecule has 0 amide bonds. The van der Waals surface area contributed by atoms with E-state index in [1.807, 2.05) is 0 Å². The molecule has 6 unspecified atom stereocenters. The monoisotopic (exact) mass is 648 g/mol. The van der Waals surface area contributed by atoms with Crippen molar-refractivity contribution in [1.82, 2.24) is 0 Å². The fourth-order valence-corrected chi connectivity index (χ4v) is 7.21. The Labute approximate surface area is 260 Å². The highest BCUT2D eigenvalue weighted by atomic mass is 16.6. The topological polar surface area (TPSA) is 251 Å². The van der Waals surface area contributed by atoms with Crippen LogP contribution in [0.2, 0.25) is 0 Å². The second-order valence-corrected chi connectivity index (χ2v) is 11.8. The van der Waals surface area contributed by atoms with E-state index >= 15 is 0 Å². The van der Waals surface area contributed by atoms with Crippen LogP contribution in [0, 0.1) is 10.4 Å². The number of phenols is 4. The number of hydrogen-bond donors (Lipinski definition) is 6. The van der Waals surface area contributed by atoms with Crippen molar-refractivity contribution in [1.29, 1.82) is 0 Å². The van der Waals surface area contributed by atoms with Crippen LogP contribution in [0.25, 0.3) is 21.9 Å². The van der Waals surface area contributed by atoms with Crippen LogP contribution in [-0.2, 0) is 23.8 Å². The summed E-state index contributed by atoms with van der Waals surface area (Å²) in [5, 5.41) is 62.5. The number of ether oxygens (including phenoxy) is 3. The summed E-state index contributed by atoms with van der Waals surface area (Å²) >= 11 is 0. The fourth-order valence-electron chi connectivity index (χ4n) is 7.21. The van der Waals surface area contributed by atoms with E-state index in [1.54, 1.807) is 0 Å². The van der Waals surface area contributed by atoms with Crippen molar-refractivity contribution in [3.63, 3.8) is 0 Å². The van der Waals surface area contributed by atoms with Gasteiger partial charge in [0.15, 0.2) is 27.8 Å². The van der Waals surface area contributed by atoms with E-state index in [4.69, 9.17) is 14.2 Å². The number of aromatic hydroxyl groups is 4. The van der Waals surface area contributed by atoms with E-state index in [9.17, 15) is 59.4 Å². The zero-order chi connectivity index (χ0) is 34.0. The lowest BCUT2D eigenvalue weighted by Gasteiger charge is -2.33. The van der Waals surface area contributed by atoms with Gasteiger partial charge < -0.3 is 44.8 Å². The number of hydrogen-bond acceptors (Lipinski definition) is 14. The molecular weight excluding hydrogens is 624 g/mol. The summed E-state index contributed by atoms with van der Waals surface area (Å²) in [6.45, 7) is 2.85. The predicted octanol–water partition coefficient (Wildman–Crippen LogP) is 0.786. The number of benzene rings is 2. The molecule has 2 aromatic rings. The summed E-state index contributed by atoms with van der Waals surface area (Å²) in [7, 11) is 0. The summed E-state index contributed by atoms with van der Waals surface area (Å²) in [6, 6.07) is 1.48. The van der Waals surface area contributed by atoms with E-state index in [2.05, 4.69) is 0 Å². The normalized spacial score (nSPS) is 25.0. The van der Waals surface area contributed by atoms with E-state index in [1.165, 1.54) is 13.8 Å². The molecule has 15 heteroatoms. The maximum absolute atomic E-state index is 13.9. The molecule has 47 heavy (non-hydrogen) atoms. The first-order valence-electron chi connectivity index (χ1n) is 14.4. The Kier molecular flexibility index (Phi) is 6.48. The largest absolute Gasteiger partial charge is 0.507 e. The highest BCUT2D eigenvalue weighted by molar-refractivity contribution is 6.07. The van der Waals surface area contributed by atoms with Crippen molar-refractivity contribution in [3.05, 3.63) is 85.7 Å². The Morgan fingerprint density at radius 3 is 2.09 bits per heavy atom.